The van der Waals surface area contributed by atoms with Crippen LogP contribution < -0.4 is 4.74 Å². The van der Waals surface area contributed by atoms with E-state index in [1.807, 2.05) is 20.8 Å². The highest BCUT2D eigenvalue weighted by Gasteiger charge is 2.45. The maximum atomic E-state index is 13.4. The van der Waals surface area contributed by atoms with Crippen molar-refractivity contribution in [1.82, 2.24) is 4.90 Å². The summed E-state index contributed by atoms with van der Waals surface area (Å²) in [6.07, 6.45) is 0.652. The summed E-state index contributed by atoms with van der Waals surface area (Å²) in [5.74, 6) is -1.44. The van der Waals surface area contributed by atoms with E-state index < -0.39 is 23.5 Å². The Bertz CT molecular complexity index is 932. The number of ether oxygens (including phenoxy) is 1. The van der Waals surface area contributed by atoms with E-state index in [-0.39, 0.29) is 17.4 Å². The minimum Gasteiger partial charge on any atom is -0.507 e. The molecule has 1 unspecified atom stereocenters. The van der Waals surface area contributed by atoms with E-state index in [4.69, 9.17) is 4.74 Å². The monoisotopic (exact) mass is 397 g/mol. The molecule has 3 rings (SSSR count). The number of aliphatic hydroxyl groups excluding tert-OH is 1. The van der Waals surface area contributed by atoms with Crippen LogP contribution in [-0.2, 0) is 9.59 Å². The molecular weight excluding hydrogens is 373 g/mol. The molecule has 1 fully saturated rings. The maximum absolute atomic E-state index is 13.4. The fraction of sp³-hybridized carbons (Fsp3) is 0.304. The molecule has 152 valence electrons. The van der Waals surface area contributed by atoms with Gasteiger partial charge in [-0.05, 0) is 62.2 Å². The van der Waals surface area contributed by atoms with Gasteiger partial charge in [-0.15, -0.1) is 0 Å². The molecule has 0 aliphatic carbocycles. The number of benzene rings is 2. The molecule has 0 bridgehead atoms. The van der Waals surface area contributed by atoms with Crippen LogP contribution >= 0.6 is 0 Å². The highest BCUT2D eigenvalue weighted by molar-refractivity contribution is 6.46. The molecule has 1 N–H and O–H groups in total. The second kappa shape index (κ2) is 8.47. The Balaban J connectivity index is 2.08. The first kappa shape index (κ1) is 20.6. The van der Waals surface area contributed by atoms with Gasteiger partial charge in [-0.25, -0.2) is 4.39 Å². The zero-order valence-corrected chi connectivity index (χ0v) is 16.7. The molecule has 2 aromatic rings. The molecule has 0 aromatic heterocycles. The number of hydrogen-bond donors (Lipinski definition) is 1. The van der Waals surface area contributed by atoms with Crippen molar-refractivity contribution in [3.63, 3.8) is 0 Å². The Labute approximate surface area is 169 Å². The number of ketones is 1. The smallest absolute Gasteiger partial charge is 0.295 e. The molecule has 1 amide bonds. The van der Waals surface area contributed by atoms with Crippen molar-refractivity contribution in [3.8, 4) is 5.75 Å². The maximum Gasteiger partial charge on any atom is 0.295 e. The van der Waals surface area contributed by atoms with Crippen molar-refractivity contribution in [2.75, 3.05) is 6.54 Å². The summed E-state index contributed by atoms with van der Waals surface area (Å²) < 4.78 is 19.0. The number of rotatable bonds is 6. The van der Waals surface area contributed by atoms with Crippen LogP contribution in [0.4, 0.5) is 4.39 Å². The topological polar surface area (TPSA) is 66.8 Å². The average molecular weight is 397 g/mol. The van der Waals surface area contributed by atoms with Crippen LogP contribution in [0.5, 0.6) is 5.75 Å². The predicted octanol–water partition coefficient (Wildman–Crippen LogP) is 4.44. The molecule has 0 spiro atoms. The summed E-state index contributed by atoms with van der Waals surface area (Å²) in [5, 5.41) is 10.9. The highest BCUT2D eigenvalue weighted by atomic mass is 19.1. The number of likely N-dealkylation sites (tertiary alicyclic amines) is 1. The number of nitrogens with zero attached hydrogens (tertiary/aromatic N) is 1. The van der Waals surface area contributed by atoms with Gasteiger partial charge in [-0.3, -0.25) is 9.59 Å². The van der Waals surface area contributed by atoms with Crippen LogP contribution in [0.2, 0.25) is 0 Å². The van der Waals surface area contributed by atoms with E-state index in [9.17, 15) is 19.1 Å². The van der Waals surface area contributed by atoms with E-state index in [1.54, 1.807) is 24.3 Å². The number of carbonyl (C=O) groups excluding carboxylic acids is 2. The molecule has 1 saturated heterocycles. The van der Waals surface area contributed by atoms with Gasteiger partial charge in [-0.1, -0.05) is 19.1 Å². The first-order valence-corrected chi connectivity index (χ1v) is 9.64. The quantitative estimate of drug-likeness (QED) is 0.444. The van der Waals surface area contributed by atoms with Gasteiger partial charge in [0.2, 0.25) is 0 Å². The lowest BCUT2D eigenvalue weighted by Gasteiger charge is -2.24. The molecule has 1 aliphatic heterocycles. The van der Waals surface area contributed by atoms with Gasteiger partial charge in [0.1, 0.15) is 17.3 Å². The largest absolute Gasteiger partial charge is 0.507 e. The molecule has 29 heavy (non-hydrogen) atoms. The fourth-order valence-corrected chi connectivity index (χ4v) is 3.46. The van der Waals surface area contributed by atoms with Crippen molar-refractivity contribution in [1.29, 1.82) is 0 Å². The normalized spacial score (nSPS) is 18.5. The first-order chi connectivity index (χ1) is 13.8. The van der Waals surface area contributed by atoms with Crippen LogP contribution in [0.15, 0.2) is 54.1 Å². The Kier molecular flexibility index (Phi) is 6.01. The zero-order chi connectivity index (χ0) is 21.1. The summed E-state index contributed by atoms with van der Waals surface area (Å²) in [6, 6.07) is 11.5. The third-order valence-corrected chi connectivity index (χ3v) is 4.69. The molecule has 0 saturated carbocycles. The first-order valence-electron chi connectivity index (χ1n) is 9.64. The number of halogens is 1. The van der Waals surface area contributed by atoms with Gasteiger partial charge < -0.3 is 14.7 Å². The van der Waals surface area contributed by atoms with Gasteiger partial charge in [0.25, 0.3) is 11.7 Å². The third-order valence-electron chi connectivity index (χ3n) is 4.69. The van der Waals surface area contributed by atoms with Crippen molar-refractivity contribution in [3.05, 3.63) is 71.0 Å². The second-order valence-electron chi connectivity index (χ2n) is 7.24. The number of amides is 1. The van der Waals surface area contributed by atoms with Crippen molar-refractivity contribution < 1.29 is 23.8 Å². The van der Waals surface area contributed by atoms with Crippen molar-refractivity contribution in [2.24, 2.45) is 0 Å². The van der Waals surface area contributed by atoms with Gasteiger partial charge in [-0.2, -0.15) is 0 Å². The molecule has 1 atom stereocenters. The summed E-state index contributed by atoms with van der Waals surface area (Å²) >= 11 is 0. The Morgan fingerprint density at radius 3 is 2.28 bits per heavy atom. The molecule has 5 nitrogen and oxygen atoms in total. The summed E-state index contributed by atoms with van der Waals surface area (Å²) in [6.45, 7) is 6.07. The zero-order valence-electron chi connectivity index (χ0n) is 16.7. The highest BCUT2D eigenvalue weighted by Crippen LogP contribution is 2.39. The molecule has 6 heteroatoms. The average Bonchev–Trinajstić information content (AvgIpc) is 2.93. The second-order valence-corrected chi connectivity index (χ2v) is 7.24. The van der Waals surface area contributed by atoms with E-state index in [2.05, 4.69) is 0 Å². The number of Topliss-reactive ketones (excluding diaryl/α,β-unsaturated/α-hetero) is 1. The molecule has 0 radical (unpaired) electrons. The van der Waals surface area contributed by atoms with Gasteiger partial charge in [0.05, 0.1) is 17.7 Å². The lowest BCUT2D eigenvalue weighted by atomic mass is 9.95. The number of aliphatic hydroxyl groups is 1. The van der Waals surface area contributed by atoms with Crippen LogP contribution in [0.25, 0.3) is 5.76 Å². The minimum atomic E-state index is -0.762. The third kappa shape index (κ3) is 4.16. The van der Waals surface area contributed by atoms with Crippen LogP contribution in [-0.4, -0.2) is 34.3 Å². The van der Waals surface area contributed by atoms with Crippen molar-refractivity contribution >= 4 is 17.4 Å². The SMILES string of the molecule is CCCN1C(=O)C(=O)/C(=C(\O)c2ccc(OC(C)C)cc2)C1c1ccc(F)cc1. The van der Waals surface area contributed by atoms with Gasteiger partial charge >= 0.3 is 0 Å². The van der Waals surface area contributed by atoms with E-state index in [0.29, 0.717) is 29.8 Å². The van der Waals surface area contributed by atoms with Crippen molar-refractivity contribution in [2.45, 2.75) is 39.3 Å². The lowest BCUT2D eigenvalue weighted by Crippen LogP contribution is -2.30. The number of hydrogen-bond acceptors (Lipinski definition) is 4. The Hall–Kier alpha value is -3.15. The summed E-state index contributed by atoms with van der Waals surface area (Å²) in [5.41, 5.74) is 0.982. The predicted molar refractivity (Wildman–Crippen MR) is 108 cm³/mol. The summed E-state index contributed by atoms with van der Waals surface area (Å²) in [4.78, 5) is 26.8. The van der Waals surface area contributed by atoms with E-state index >= 15 is 0 Å². The van der Waals surface area contributed by atoms with Crippen LogP contribution in [0, 0.1) is 5.82 Å². The van der Waals surface area contributed by atoms with Crippen LogP contribution in [0.1, 0.15) is 44.4 Å². The minimum absolute atomic E-state index is 0.00675. The van der Waals surface area contributed by atoms with E-state index in [0.717, 1.165) is 0 Å². The van der Waals surface area contributed by atoms with Crippen LogP contribution in [0.3, 0.4) is 0 Å². The summed E-state index contributed by atoms with van der Waals surface area (Å²) in [7, 11) is 0. The lowest BCUT2D eigenvalue weighted by molar-refractivity contribution is -0.139. The number of carbonyl (C=O) groups is 2. The van der Waals surface area contributed by atoms with E-state index in [1.165, 1.54) is 29.2 Å². The molecule has 1 aliphatic rings. The molecule has 1 heterocycles. The fourth-order valence-electron chi connectivity index (χ4n) is 3.46. The van der Waals surface area contributed by atoms with Gasteiger partial charge in [0, 0.05) is 12.1 Å². The Morgan fingerprint density at radius 1 is 1.10 bits per heavy atom. The molecular formula is C23H24FNO4. The standard InChI is InChI=1S/C23H24FNO4/c1-4-13-25-20(15-5-9-17(24)10-6-15)19(22(27)23(25)28)21(26)16-7-11-18(12-8-16)29-14(2)3/h5-12,14,20,26H,4,13H2,1-3H3/b21-19-. The molecule has 2 aromatic carbocycles. The Morgan fingerprint density at radius 2 is 1.72 bits per heavy atom. The van der Waals surface area contributed by atoms with Gasteiger partial charge in [0.15, 0.2) is 0 Å².